The van der Waals surface area contributed by atoms with Crippen LogP contribution in [-0.4, -0.2) is 35.5 Å². The van der Waals surface area contributed by atoms with Crippen molar-refractivity contribution < 1.29 is 19.2 Å². The molecule has 8 heteroatoms. The molecule has 0 radical (unpaired) electrons. The summed E-state index contributed by atoms with van der Waals surface area (Å²) in [5.74, 6) is -0.436. The molecule has 1 N–H and O–H groups in total. The van der Waals surface area contributed by atoms with Gasteiger partial charge in [0.15, 0.2) is 0 Å². The first kappa shape index (κ1) is 17.4. The van der Waals surface area contributed by atoms with Crippen LogP contribution in [0.1, 0.15) is 21.5 Å². The first-order valence-corrected chi connectivity index (χ1v) is 7.98. The van der Waals surface area contributed by atoms with Gasteiger partial charge in [0.25, 0.3) is 11.6 Å². The number of nitro benzene ring substituents is 1. The molecule has 2 amide bonds. The zero-order valence-electron chi connectivity index (χ0n) is 14.1. The molecule has 1 aliphatic heterocycles. The number of benzene rings is 2. The third kappa shape index (κ3) is 3.64. The molecule has 2 aromatic rings. The van der Waals surface area contributed by atoms with Crippen molar-refractivity contribution in [2.24, 2.45) is 0 Å². The number of nitrogens with zero attached hydrogens (tertiary/aromatic N) is 2. The summed E-state index contributed by atoms with van der Waals surface area (Å²) in [5, 5.41) is 13.6. The van der Waals surface area contributed by atoms with Gasteiger partial charge in [0.1, 0.15) is 0 Å². The Morgan fingerprint density at radius 3 is 2.73 bits per heavy atom. The zero-order chi connectivity index (χ0) is 18.7. The third-order valence-corrected chi connectivity index (χ3v) is 4.23. The lowest BCUT2D eigenvalue weighted by molar-refractivity contribution is -0.384. The molecule has 3 rings (SSSR count). The summed E-state index contributed by atoms with van der Waals surface area (Å²) >= 11 is 0. The molecular formula is C18H17N3O5. The predicted molar refractivity (Wildman–Crippen MR) is 94.0 cm³/mol. The highest BCUT2D eigenvalue weighted by atomic mass is 16.6. The van der Waals surface area contributed by atoms with Crippen molar-refractivity contribution >= 4 is 23.4 Å². The minimum atomic E-state index is -0.545. The fourth-order valence-corrected chi connectivity index (χ4v) is 2.88. The maximum atomic E-state index is 12.4. The summed E-state index contributed by atoms with van der Waals surface area (Å²) in [6.07, 6.45) is 0.325. The highest BCUT2D eigenvalue weighted by Gasteiger charge is 2.21. The number of methoxy groups -OCH3 is 1. The molecule has 0 aliphatic carbocycles. The second-order valence-corrected chi connectivity index (χ2v) is 5.89. The monoisotopic (exact) mass is 355 g/mol. The van der Waals surface area contributed by atoms with Crippen molar-refractivity contribution in [1.82, 2.24) is 4.90 Å². The van der Waals surface area contributed by atoms with E-state index in [0.717, 1.165) is 11.1 Å². The molecule has 26 heavy (non-hydrogen) atoms. The maximum absolute atomic E-state index is 12.4. The average Bonchev–Trinajstić information content (AvgIpc) is 2.66. The van der Waals surface area contributed by atoms with Crippen LogP contribution in [0.4, 0.5) is 16.2 Å². The zero-order valence-corrected chi connectivity index (χ0v) is 14.1. The summed E-state index contributed by atoms with van der Waals surface area (Å²) in [4.78, 5) is 35.9. The van der Waals surface area contributed by atoms with Crippen LogP contribution in [0.5, 0.6) is 0 Å². The Balaban J connectivity index is 1.77. The van der Waals surface area contributed by atoms with Crippen molar-refractivity contribution in [1.29, 1.82) is 0 Å². The van der Waals surface area contributed by atoms with Crippen molar-refractivity contribution in [3.8, 4) is 0 Å². The molecule has 1 aliphatic rings. The molecule has 0 spiro atoms. The highest BCUT2D eigenvalue weighted by Crippen LogP contribution is 2.24. The average molecular weight is 355 g/mol. The minimum absolute atomic E-state index is 0.142. The lowest BCUT2D eigenvalue weighted by atomic mass is 9.99. The van der Waals surface area contributed by atoms with Crippen LogP contribution in [0, 0.1) is 10.1 Å². The number of nitro groups is 1. The van der Waals surface area contributed by atoms with Crippen molar-refractivity contribution in [3.05, 3.63) is 69.3 Å². The standard InChI is InChI=1S/C18H17N3O5/c1-26-18(23)20-8-7-12-5-6-15(9-14(12)11-20)19-17(22)13-3-2-4-16(10-13)21(24)25/h2-6,9-10H,7-8,11H2,1H3,(H,19,22). The second-order valence-electron chi connectivity index (χ2n) is 5.89. The van der Waals surface area contributed by atoms with E-state index in [-0.39, 0.29) is 17.3 Å². The summed E-state index contributed by atoms with van der Waals surface area (Å²) in [5.41, 5.74) is 2.66. The van der Waals surface area contributed by atoms with Crippen molar-refractivity contribution in [2.75, 3.05) is 19.0 Å². The van der Waals surface area contributed by atoms with E-state index in [4.69, 9.17) is 4.74 Å². The van der Waals surface area contributed by atoms with E-state index in [1.807, 2.05) is 6.07 Å². The number of anilines is 1. The summed E-state index contributed by atoms with van der Waals surface area (Å²) in [6.45, 7) is 0.988. The van der Waals surface area contributed by atoms with Crippen LogP contribution in [-0.2, 0) is 17.7 Å². The molecule has 1 heterocycles. The van der Waals surface area contributed by atoms with Gasteiger partial charge in [-0.15, -0.1) is 0 Å². The Bertz CT molecular complexity index is 881. The maximum Gasteiger partial charge on any atom is 0.409 e. The van der Waals surface area contributed by atoms with E-state index in [1.165, 1.54) is 31.4 Å². The fraction of sp³-hybridized carbons (Fsp3) is 0.222. The molecule has 8 nitrogen and oxygen atoms in total. The van der Waals surface area contributed by atoms with Gasteiger partial charge < -0.3 is 15.0 Å². The Kier molecular flexibility index (Phi) is 4.83. The van der Waals surface area contributed by atoms with Gasteiger partial charge in [-0.1, -0.05) is 12.1 Å². The lowest BCUT2D eigenvalue weighted by Gasteiger charge is -2.28. The number of nitrogens with one attached hydrogen (secondary N) is 1. The fourth-order valence-electron chi connectivity index (χ4n) is 2.88. The second kappa shape index (κ2) is 7.22. The van der Waals surface area contributed by atoms with Crippen LogP contribution >= 0.6 is 0 Å². The van der Waals surface area contributed by atoms with Crippen LogP contribution in [0.2, 0.25) is 0 Å². The third-order valence-electron chi connectivity index (χ3n) is 4.23. The quantitative estimate of drug-likeness (QED) is 0.674. The van der Waals surface area contributed by atoms with E-state index in [9.17, 15) is 19.7 Å². The Labute approximate surface area is 149 Å². The lowest BCUT2D eigenvalue weighted by Crippen LogP contribution is -2.35. The van der Waals surface area contributed by atoms with Gasteiger partial charge in [0, 0.05) is 36.5 Å². The number of ether oxygens (including phenoxy) is 1. The molecule has 0 unspecified atom stereocenters. The summed E-state index contributed by atoms with van der Waals surface area (Å²) < 4.78 is 4.75. The van der Waals surface area contributed by atoms with Crippen molar-refractivity contribution in [2.45, 2.75) is 13.0 Å². The highest BCUT2D eigenvalue weighted by molar-refractivity contribution is 6.04. The SMILES string of the molecule is COC(=O)N1CCc2ccc(NC(=O)c3cccc([N+](=O)[O-])c3)cc2C1. The van der Waals surface area contributed by atoms with Crippen LogP contribution in [0.15, 0.2) is 42.5 Å². The van der Waals surface area contributed by atoms with Crippen LogP contribution < -0.4 is 5.32 Å². The van der Waals surface area contributed by atoms with E-state index in [1.54, 1.807) is 17.0 Å². The number of rotatable bonds is 3. The number of hydrogen-bond acceptors (Lipinski definition) is 5. The molecule has 0 saturated carbocycles. The number of hydrogen-bond donors (Lipinski definition) is 1. The molecule has 0 saturated heterocycles. The van der Waals surface area contributed by atoms with E-state index in [2.05, 4.69) is 5.32 Å². The van der Waals surface area contributed by atoms with Crippen LogP contribution in [0.25, 0.3) is 0 Å². The number of amides is 2. The Morgan fingerprint density at radius 1 is 1.19 bits per heavy atom. The van der Waals surface area contributed by atoms with E-state index in [0.29, 0.717) is 25.2 Å². The molecular weight excluding hydrogens is 338 g/mol. The van der Waals surface area contributed by atoms with Gasteiger partial charge >= 0.3 is 6.09 Å². The molecule has 0 bridgehead atoms. The molecule has 0 fully saturated rings. The molecule has 134 valence electrons. The van der Waals surface area contributed by atoms with Gasteiger partial charge in [0.05, 0.1) is 12.0 Å². The van der Waals surface area contributed by atoms with Crippen molar-refractivity contribution in [3.63, 3.8) is 0 Å². The van der Waals surface area contributed by atoms with Gasteiger partial charge in [-0.3, -0.25) is 14.9 Å². The first-order valence-electron chi connectivity index (χ1n) is 7.98. The minimum Gasteiger partial charge on any atom is -0.453 e. The van der Waals surface area contributed by atoms with Gasteiger partial charge in [-0.25, -0.2) is 4.79 Å². The smallest absolute Gasteiger partial charge is 0.409 e. The summed E-state index contributed by atoms with van der Waals surface area (Å²) in [7, 11) is 1.34. The normalized spacial score (nSPS) is 12.9. The van der Waals surface area contributed by atoms with E-state index >= 15 is 0 Å². The first-order chi connectivity index (χ1) is 12.5. The van der Waals surface area contributed by atoms with Gasteiger partial charge in [0.2, 0.25) is 0 Å². The van der Waals surface area contributed by atoms with Gasteiger partial charge in [-0.2, -0.15) is 0 Å². The van der Waals surface area contributed by atoms with Crippen LogP contribution in [0.3, 0.4) is 0 Å². The number of carbonyl (C=O) groups excluding carboxylic acids is 2. The number of non-ortho nitro benzene ring substituents is 1. The molecule has 0 atom stereocenters. The predicted octanol–water partition coefficient (Wildman–Crippen LogP) is 2.97. The van der Waals surface area contributed by atoms with Gasteiger partial charge in [-0.05, 0) is 35.7 Å². The summed E-state index contributed by atoms with van der Waals surface area (Å²) in [6, 6.07) is 11.0. The topological polar surface area (TPSA) is 102 Å². The number of fused-ring (bicyclic) bond motifs is 1. The Morgan fingerprint density at radius 2 is 2.00 bits per heavy atom. The largest absolute Gasteiger partial charge is 0.453 e. The molecule has 0 aromatic heterocycles. The Hall–Kier alpha value is -3.42. The molecule has 2 aromatic carbocycles. The van der Waals surface area contributed by atoms with E-state index < -0.39 is 10.8 Å². The number of carbonyl (C=O) groups is 2.